The van der Waals surface area contributed by atoms with Crippen LogP contribution in [0.25, 0.3) is 11.0 Å². The minimum Gasteiger partial charge on any atom is -0.494 e. The first kappa shape index (κ1) is 11.1. The molecule has 16 heavy (non-hydrogen) atoms. The number of benzene rings is 1. The molecule has 0 bridgehead atoms. The number of nitrogens with zero attached hydrogens (tertiary/aromatic N) is 1. The standard InChI is InChI=1S/C11H14ClN3O/c1-2-16-8-3-4-9-10(7-8)15-11(14-9)13-6-5-12/h3-4,7H,2,5-6H2,1H3,(H2,13,14,15). The van der Waals surface area contributed by atoms with E-state index in [1.54, 1.807) is 0 Å². The van der Waals surface area contributed by atoms with Crippen LogP contribution in [0.1, 0.15) is 6.92 Å². The van der Waals surface area contributed by atoms with Gasteiger partial charge in [0.2, 0.25) is 5.95 Å². The van der Waals surface area contributed by atoms with E-state index in [1.807, 2.05) is 25.1 Å². The average molecular weight is 240 g/mol. The van der Waals surface area contributed by atoms with E-state index in [1.165, 1.54) is 0 Å². The Morgan fingerprint density at radius 3 is 3.12 bits per heavy atom. The maximum absolute atomic E-state index is 5.59. The van der Waals surface area contributed by atoms with Gasteiger partial charge in [-0.15, -0.1) is 11.6 Å². The molecule has 1 heterocycles. The second kappa shape index (κ2) is 5.07. The van der Waals surface area contributed by atoms with E-state index in [9.17, 15) is 0 Å². The third kappa shape index (κ3) is 2.39. The lowest BCUT2D eigenvalue weighted by Crippen LogP contribution is -2.03. The zero-order valence-electron chi connectivity index (χ0n) is 9.09. The van der Waals surface area contributed by atoms with Crippen molar-refractivity contribution in [3.05, 3.63) is 18.2 Å². The van der Waals surface area contributed by atoms with Gasteiger partial charge in [-0.05, 0) is 19.1 Å². The van der Waals surface area contributed by atoms with E-state index in [0.29, 0.717) is 19.0 Å². The summed E-state index contributed by atoms with van der Waals surface area (Å²) in [6.45, 7) is 3.31. The molecule has 0 saturated heterocycles. The molecule has 5 heteroatoms. The first-order chi connectivity index (χ1) is 7.83. The Labute approximate surface area is 99.0 Å². The van der Waals surface area contributed by atoms with Gasteiger partial charge < -0.3 is 15.0 Å². The summed E-state index contributed by atoms with van der Waals surface area (Å²) >= 11 is 5.59. The second-order valence-corrected chi connectivity index (χ2v) is 3.69. The zero-order valence-corrected chi connectivity index (χ0v) is 9.84. The highest BCUT2D eigenvalue weighted by Crippen LogP contribution is 2.20. The summed E-state index contributed by atoms with van der Waals surface area (Å²) in [6, 6.07) is 5.80. The van der Waals surface area contributed by atoms with Crippen LogP contribution >= 0.6 is 11.6 Å². The summed E-state index contributed by atoms with van der Waals surface area (Å²) in [5.74, 6) is 2.14. The van der Waals surface area contributed by atoms with Gasteiger partial charge in [0.1, 0.15) is 5.75 Å². The number of anilines is 1. The molecule has 0 amide bonds. The Morgan fingerprint density at radius 1 is 1.50 bits per heavy atom. The van der Waals surface area contributed by atoms with E-state index >= 15 is 0 Å². The van der Waals surface area contributed by atoms with E-state index < -0.39 is 0 Å². The van der Waals surface area contributed by atoms with E-state index in [-0.39, 0.29) is 0 Å². The first-order valence-electron chi connectivity index (χ1n) is 5.26. The summed E-state index contributed by atoms with van der Waals surface area (Å²) in [5.41, 5.74) is 1.88. The highest BCUT2D eigenvalue weighted by molar-refractivity contribution is 6.18. The predicted octanol–water partition coefficient (Wildman–Crippen LogP) is 2.61. The Morgan fingerprint density at radius 2 is 2.38 bits per heavy atom. The summed E-state index contributed by atoms with van der Waals surface area (Å²) in [5, 5.41) is 3.10. The number of hydrogen-bond acceptors (Lipinski definition) is 3. The van der Waals surface area contributed by atoms with Gasteiger partial charge in [-0.1, -0.05) is 0 Å². The molecular weight excluding hydrogens is 226 g/mol. The number of imidazole rings is 1. The molecule has 0 fully saturated rings. The van der Waals surface area contributed by atoms with Gasteiger partial charge in [0, 0.05) is 18.5 Å². The fourth-order valence-corrected chi connectivity index (χ4v) is 1.59. The number of halogens is 1. The van der Waals surface area contributed by atoms with Crippen LogP contribution in [0.4, 0.5) is 5.95 Å². The average Bonchev–Trinajstić information content (AvgIpc) is 2.68. The molecule has 4 nitrogen and oxygen atoms in total. The summed E-state index contributed by atoms with van der Waals surface area (Å²) in [7, 11) is 0. The van der Waals surface area contributed by atoms with Crippen molar-refractivity contribution < 1.29 is 4.74 Å². The number of rotatable bonds is 5. The van der Waals surface area contributed by atoms with E-state index in [0.717, 1.165) is 22.7 Å². The minimum absolute atomic E-state index is 0.557. The Hall–Kier alpha value is -1.42. The van der Waals surface area contributed by atoms with Crippen molar-refractivity contribution >= 4 is 28.6 Å². The fraction of sp³-hybridized carbons (Fsp3) is 0.364. The third-order valence-electron chi connectivity index (χ3n) is 2.15. The van der Waals surface area contributed by atoms with Crippen LogP contribution in [-0.2, 0) is 0 Å². The van der Waals surface area contributed by atoms with Crippen molar-refractivity contribution in [2.45, 2.75) is 6.92 Å². The van der Waals surface area contributed by atoms with Crippen LogP contribution in [0.5, 0.6) is 5.75 Å². The topological polar surface area (TPSA) is 49.9 Å². The van der Waals surface area contributed by atoms with E-state index in [2.05, 4.69) is 15.3 Å². The molecule has 0 spiro atoms. The molecule has 2 aromatic rings. The number of fused-ring (bicyclic) bond motifs is 1. The highest BCUT2D eigenvalue weighted by atomic mass is 35.5. The molecular formula is C11H14ClN3O. The minimum atomic E-state index is 0.557. The quantitative estimate of drug-likeness (QED) is 0.789. The summed E-state index contributed by atoms with van der Waals surface area (Å²) in [4.78, 5) is 7.55. The number of aromatic nitrogens is 2. The van der Waals surface area contributed by atoms with Gasteiger partial charge in [-0.2, -0.15) is 0 Å². The molecule has 0 aliphatic carbocycles. The number of alkyl halides is 1. The van der Waals surface area contributed by atoms with Crippen molar-refractivity contribution in [1.82, 2.24) is 9.97 Å². The van der Waals surface area contributed by atoms with Crippen LogP contribution < -0.4 is 10.1 Å². The number of aromatic amines is 1. The summed E-state index contributed by atoms with van der Waals surface area (Å²) < 4.78 is 5.41. The lowest BCUT2D eigenvalue weighted by molar-refractivity contribution is 0.340. The molecule has 1 aromatic heterocycles. The molecule has 0 saturated carbocycles. The smallest absolute Gasteiger partial charge is 0.201 e. The molecule has 2 rings (SSSR count). The van der Waals surface area contributed by atoms with Crippen LogP contribution in [0.2, 0.25) is 0 Å². The van der Waals surface area contributed by atoms with Gasteiger partial charge in [-0.25, -0.2) is 4.98 Å². The van der Waals surface area contributed by atoms with Crippen LogP contribution in [0, 0.1) is 0 Å². The van der Waals surface area contributed by atoms with Crippen molar-refractivity contribution in [3.63, 3.8) is 0 Å². The van der Waals surface area contributed by atoms with Gasteiger partial charge in [0.25, 0.3) is 0 Å². The molecule has 0 unspecified atom stereocenters. The van der Waals surface area contributed by atoms with Crippen molar-refractivity contribution in [3.8, 4) is 5.75 Å². The maximum atomic E-state index is 5.59. The monoisotopic (exact) mass is 239 g/mol. The highest BCUT2D eigenvalue weighted by Gasteiger charge is 2.03. The maximum Gasteiger partial charge on any atom is 0.201 e. The second-order valence-electron chi connectivity index (χ2n) is 3.31. The van der Waals surface area contributed by atoms with Gasteiger partial charge in [0.15, 0.2) is 0 Å². The van der Waals surface area contributed by atoms with Crippen LogP contribution in [0.15, 0.2) is 18.2 Å². The first-order valence-corrected chi connectivity index (χ1v) is 5.79. The number of H-pyrrole nitrogens is 1. The van der Waals surface area contributed by atoms with Crippen molar-refractivity contribution in [1.29, 1.82) is 0 Å². The fourth-order valence-electron chi connectivity index (χ4n) is 1.49. The van der Waals surface area contributed by atoms with Crippen LogP contribution in [-0.4, -0.2) is 29.0 Å². The van der Waals surface area contributed by atoms with Gasteiger partial charge in [0.05, 0.1) is 17.6 Å². The molecule has 2 N–H and O–H groups in total. The largest absolute Gasteiger partial charge is 0.494 e. The molecule has 0 aliphatic heterocycles. The lowest BCUT2D eigenvalue weighted by atomic mass is 10.3. The summed E-state index contributed by atoms with van der Waals surface area (Å²) in [6.07, 6.45) is 0. The SMILES string of the molecule is CCOc1ccc2[nH]c(NCCCl)nc2c1. The molecule has 0 radical (unpaired) electrons. The third-order valence-corrected chi connectivity index (χ3v) is 2.34. The molecule has 0 atom stereocenters. The number of ether oxygens (including phenoxy) is 1. The molecule has 0 aliphatic rings. The Kier molecular flexibility index (Phi) is 3.51. The molecule has 1 aromatic carbocycles. The van der Waals surface area contributed by atoms with Crippen molar-refractivity contribution in [2.75, 3.05) is 24.3 Å². The number of nitrogens with one attached hydrogen (secondary N) is 2. The Bertz CT molecular complexity index is 469. The van der Waals surface area contributed by atoms with Crippen molar-refractivity contribution in [2.24, 2.45) is 0 Å². The van der Waals surface area contributed by atoms with Crippen LogP contribution in [0.3, 0.4) is 0 Å². The predicted molar refractivity (Wildman–Crippen MR) is 66.5 cm³/mol. The normalized spacial score (nSPS) is 10.6. The van der Waals surface area contributed by atoms with Gasteiger partial charge >= 0.3 is 0 Å². The van der Waals surface area contributed by atoms with Gasteiger partial charge in [-0.3, -0.25) is 0 Å². The zero-order chi connectivity index (χ0) is 11.4. The Balaban J connectivity index is 2.23. The lowest BCUT2D eigenvalue weighted by Gasteiger charge is -2.00. The molecule has 86 valence electrons. The van der Waals surface area contributed by atoms with E-state index in [4.69, 9.17) is 16.3 Å². The number of hydrogen-bond donors (Lipinski definition) is 2.